The summed E-state index contributed by atoms with van der Waals surface area (Å²) in [4.78, 5) is 25.7. The van der Waals surface area contributed by atoms with Gasteiger partial charge in [-0.05, 0) is 51.5 Å². The minimum Gasteiger partial charge on any atom is -0.481 e. The Bertz CT molecular complexity index is 1250. The molecule has 1 aromatic carbocycles. The average molecular weight is 483 g/mol. The third kappa shape index (κ3) is 5.31. The van der Waals surface area contributed by atoms with Crippen LogP contribution in [0.4, 0.5) is 25.0 Å². The number of primary amides is 1. The number of nitrogens with one attached hydrogen (secondary N) is 1. The summed E-state index contributed by atoms with van der Waals surface area (Å²) in [5.74, 6) is -0.751. The molecule has 8 nitrogen and oxygen atoms in total. The largest absolute Gasteiger partial charge is 0.481 e. The standard InChI is InChI=1S/C25H28F2N6O2/c1-5-14(2)33-13-25(3,4)35-23-18(26)8-15(9-20(23)33)22-19(27)12-30-21(32-22)10-16-6-7-17(11-29-16)31-24(28)34/h6-9,11-12,14H,5,10,13H2,1-4H3,(H3,28,31,34). The highest BCUT2D eigenvalue weighted by Crippen LogP contribution is 2.43. The van der Waals surface area contributed by atoms with Crippen LogP contribution in [0, 0.1) is 11.6 Å². The van der Waals surface area contributed by atoms with Gasteiger partial charge in [-0.1, -0.05) is 6.92 Å². The highest BCUT2D eigenvalue weighted by atomic mass is 19.1. The zero-order chi connectivity index (χ0) is 25.3. The molecule has 0 bridgehead atoms. The van der Waals surface area contributed by atoms with Crippen molar-refractivity contribution in [2.24, 2.45) is 5.73 Å². The number of benzene rings is 1. The number of nitrogens with zero attached hydrogens (tertiary/aromatic N) is 4. The number of ether oxygens (including phenoxy) is 1. The van der Waals surface area contributed by atoms with Crippen molar-refractivity contribution in [1.29, 1.82) is 0 Å². The van der Waals surface area contributed by atoms with Crippen LogP contribution in [0.25, 0.3) is 11.3 Å². The van der Waals surface area contributed by atoms with Crippen LogP contribution in [0.2, 0.25) is 0 Å². The Morgan fingerprint density at radius 1 is 1.23 bits per heavy atom. The zero-order valence-corrected chi connectivity index (χ0v) is 20.1. The van der Waals surface area contributed by atoms with E-state index >= 15 is 4.39 Å². The number of hydrogen-bond donors (Lipinski definition) is 2. The summed E-state index contributed by atoms with van der Waals surface area (Å²) < 4.78 is 36.0. The Kier molecular flexibility index (Phi) is 6.56. The van der Waals surface area contributed by atoms with Gasteiger partial charge in [0.2, 0.25) is 0 Å². The van der Waals surface area contributed by atoms with Crippen molar-refractivity contribution in [1.82, 2.24) is 15.0 Å². The molecule has 0 saturated carbocycles. The molecular weight excluding hydrogens is 454 g/mol. The lowest BCUT2D eigenvalue weighted by atomic mass is 10.00. The van der Waals surface area contributed by atoms with Gasteiger partial charge in [-0.3, -0.25) is 4.98 Å². The molecule has 0 saturated heterocycles. The fraction of sp³-hybridized carbons (Fsp3) is 0.360. The number of carbonyl (C=O) groups excluding carboxylic acids is 1. The second-order valence-electron chi connectivity index (χ2n) is 9.24. The van der Waals surface area contributed by atoms with E-state index in [4.69, 9.17) is 10.5 Å². The SMILES string of the molecule is CCC(C)N1CC(C)(C)Oc2c(F)cc(-c3nc(Cc4ccc(NC(N)=O)cn4)ncc3F)cc21. The number of amides is 2. The van der Waals surface area contributed by atoms with Crippen LogP contribution in [0.1, 0.15) is 45.6 Å². The second kappa shape index (κ2) is 9.44. The van der Waals surface area contributed by atoms with E-state index in [0.717, 1.165) is 12.6 Å². The van der Waals surface area contributed by atoms with Crippen LogP contribution >= 0.6 is 0 Å². The van der Waals surface area contributed by atoms with E-state index in [1.165, 1.54) is 12.3 Å². The molecular formula is C25H28F2N6O2. The molecule has 2 amide bonds. The van der Waals surface area contributed by atoms with Gasteiger partial charge < -0.3 is 20.7 Å². The summed E-state index contributed by atoms with van der Waals surface area (Å²) in [7, 11) is 0. The van der Waals surface area contributed by atoms with Crippen LogP contribution in [0.5, 0.6) is 5.75 Å². The molecule has 0 fully saturated rings. The molecule has 1 atom stereocenters. The van der Waals surface area contributed by atoms with Crippen molar-refractivity contribution in [3.63, 3.8) is 0 Å². The van der Waals surface area contributed by atoms with Gasteiger partial charge in [0.05, 0.1) is 36.7 Å². The summed E-state index contributed by atoms with van der Waals surface area (Å²) in [5.41, 5.74) is 6.46. The van der Waals surface area contributed by atoms with E-state index in [-0.39, 0.29) is 23.9 Å². The van der Waals surface area contributed by atoms with Crippen LogP contribution in [-0.4, -0.2) is 39.2 Å². The smallest absolute Gasteiger partial charge is 0.316 e. The van der Waals surface area contributed by atoms with E-state index in [0.29, 0.717) is 35.0 Å². The Morgan fingerprint density at radius 3 is 2.66 bits per heavy atom. The molecule has 0 aliphatic carbocycles. The van der Waals surface area contributed by atoms with Crippen molar-refractivity contribution in [3.05, 3.63) is 59.8 Å². The summed E-state index contributed by atoms with van der Waals surface area (Å²) >= 11 is 0. The third-order valence-electron chi connectivity index (χ3n) is 5.88. The Morgan fingerprint density at radius 2 is 2.00 bits per heavy atom. The first-order valence-corrected chi connectivity index (χ1v) is 11.4. The number of halogens is 2. The minimum absolute atomic E-state index is 0.00218. The fourth-order valence-corrected chi connectivity index (χ4v) is 4.05. The maximum absolute atomic E-state index is 15.2. The van der Waals surface area contributed by atoms with E-state index in [9.17, 15) is 9.18 Å². The fourth-order valence-electron chi connectivity index (χ4n) is 4.05. The van der Waals surface area contributed by atoms with Gasteiger partial charge in [0.25, 0.3) is 0 Å². The Balaban J connectivity index is 1.68. The first-order valence-electron chi connectivity index (χ1n) is 11.4. The predicted molar refractivity (Wildman–Crippen MR) is 129 cm³/mol. The molecule has 35 heavy (non-hydrogen) atoms. The van der Waals surface area contributed by atoms with Gasteiger partial charge in [-0.2, -0.15) is 0 Å². The van der Waals surface area contributed by atoms with Crippen molar-refractivity contribution >= 4 is 17.4 Å². The number of hydrogen-bond acceptors (Lipinski definition) is 6. The molecule has 1 aliphatic rings. The Hall–Kier alpha value is -3.82. The molecule has 3 N–H and O–H groups in total. The predicted octanol–water partition coefficient (Wildman–Crippen LogP) is 4.67. The normalized spacial score (nSPS) is 15.2. The quantitative estimate of drug-likeness (QED) is 0.529. The molecule has 0 spiro atoms. The first kappa shape index (κ1) is 24.3. The summed E-state index contributed by atoms with van der Waals surface area (Å²) in [6.45, 7) is 8.53. The summed E-state index contributed by atoms with van der Waals surface area (Å²) in [5, 5.41) is 2.43. The number of anilines is 2. The molecule has 3 aromatic rings. The first-order chi connectivity index (χ1) is 16.6. The number of fused-ring (bicyclic) bond motifs is 1. The molecule has 3 heterocycles. The van der Waals surface area contributed by atoms with Gasteiger partial charge in [0, 0.05) is 17.3 Å². The highest BCUT2D eigenvalue weighted by molar-refractivity contribution is 5.87. The van der Waals surface area contributed by atoms with Gasteiger partial charge in [-0.25, -0.2) is 23.5 Å². The molecule has 0 radical (unpaired) electrons. The lowest BCUT2D eigenvalue weighted by Crippen LogP contribution is -2.50. The van der Waals surface area contributed by atoms with Crippen LogP contribution in [-0.2, 0) is 6.42 Å². The molecule has 184 valence electrons. The molecule has 2 aromatic heterocycles. The van der Waals surface area contributed by atoms with E-state index in [1.54, 1.807) is 18.2 Å². The van der Waals surface area contributed by atoms with E-state index < -0.39 is 23.3 Å². The monoisotopic (exact) mass is 482 g/mol. The number of carbonyl (C=O) groups is 1. The topological polar surface area (TPSA) is 106 Å². The van der Waals surface area contributed by atoms with Gasteiger partial charge in [0.15, 0.2) is 17.4 Å². The minimum atomic E-state index is -0.691. The summed E-state index contributed by atoms with van der Waals surface area (Å²) in [6, 6.07) is 5.73. The maximum Gasteiger partial charge on any atom is 0.316 e. The highest BCUT2D eigenvalue weighted by Gasteiger charge is 2.36. The van der Waals surface area contributed by atoms with Crippen molar-refractivity contribution in [3.8, 4) is 17.0 Å². The Labute approximate surface area is 202 Å². The zero-order valence-electron chi connectivity index (χ0n) is 20.1. The summed E-state index contributed by atoms with van der Waals surface area (Å²) in [6.07, 6.45) is 3.60. The van der Waals surface area contributed by atoms with Crippen molar-refractivity contribution < 1.29 is 18.3 Å². The molecule has 4 rings (SSSR count). The van der Waals surface area contributed by atoms with Crippen molar-refractivity contribution in [2.45, 2.75) is 52.2 Å². The van der Waals surface area contributed by atoms with E-state index in [1.807, 2.05) is 13.8 Å². The number of rotatable bonds is 6. The number of nitrogens with two attached hydrogens (primary N) is 1. The number of urea groups is 1. The van der Waals surface area contributed by atoms with Crippen LogP contribution < -0.4 is 20.7 Å². The lowest BCUT2D eigenvalue weighted by Gasteiger charge is -2.44. The maximum atomic E-state index is 15.2. The van der Waals surface area contributed by atoms with Gasteiger partial charge in [0.1, 0.15) is 17.1 Å². The van der Waals surface area contributed by atoms with Gasteiger partial charge >= 0.3 is 6.03 Å². The molecule has 10 heteroatoms. The van der Waals surface area contributed by atoms with Crippen LogP contribution in [0.3, 0.4) is 0 Å². The molecule has 1 aliphatic heterocycles. The lowest BCUT2D eigenvalue weighted by molar-refractivity contribution is 0.0960. The van der Waals surface area contributed by atoms with Gasteiger partial charge in [-0.15, -0.1) is 0 Å². The average Bonchev–Trinajstić information content (AvgIpc) is 2.80. The van der Waals surface area contributed by atoms with E-state index in [2.05, 4.69) is 39.0 Å². The number of aromatic nitrogens is 3. The second-order valence-corrected chi connectivity index (χ2v) is 9.24. The third-order valence-corrected chi connectivity index (χ3v) is 5.88. The number of pyridine rings is 1. The van der Waals surface area contributed by atoms with Crippen LogP contribution in [0.15, 0.2) is 36.7 Å². The van der Waals surface area contributed by atoms with Crippen molar-refractivity contribution in [2.75, 3.05) is 16.8 Å². The molecule has 1 unspecified atom stereocenters.